The first-order chi connectivity index (χ1) is 26.7. The first-order valence-corrected chi connectivity index (χ1v) is 24.2. The van der Waals surface area contributed by atoms with E-state index in [0.29, 0.717) is 45.9 Å². The standard InChI is InChI=1S/C48H96O6/c1-4-6-8-10-12-14-16-18-20-22-24-26-28-30-32-34-40-52-46-47(38-36-39-48(49)54-43-37-41-51-45-44-50-3)53-42-35-33-31-29-27-25-23-21-19-17-15-13-11-9-7-5-2/h47H,4-46H2,1-3H3. The third-order valence-electron chi connectivity index (χ3n) is 10.8. The Bertz CT molecular complexity index is 688. The number of ether oxygens (including phenoxy) is 5. The highest BCUT2D eigenvalue weighted by Gasteiger charge is 2.12. The quantitative estimate of drug-likeness (QED) is 0.0454. The molecule has 6 heteroatoms. The van der Waals surface area contributed by atoms with Gasteiger partial charge in [-0.3, -0.25) is 4.79 Å². The van der Waals surface area contributed by atoms with Crippen LogP contribution in [0.5, 0.6) is 0 Å². The number of hydrogen-bond acceptors (Lipinski definition) is 6. The van der Waals surface area contributed by atoms with Crippen molar-refractivity contribution in [1.82, 2.24) is 0 Å². The van der Waals surface area contributed by atoms with Gasteiger partial charge in [-0.2, -0.15) is 0 Å². The topological polar surface area (TPSA) is 63.2 Å². The minimum atomic E-state index is -0.127. The van der Waals surface area contributed by atoms with E-state index in [1.807, 2.05) is 0 Å². The summed E-state index contributed by atoms with van der Waals surface area (Å²) in [4.78, 5) is 12.3. The van der Waals surface area contributed by atoms with Crippen LogP contribution in [-0.2, 0) is 28.5 Å². The normalized spacial score (nSPS) is 12.1. The van der Waals surface area contributed by atoms with Gasteiger partial charge in [-0.05, 0) is 25.7 Å². The lowest BCUT2D eigenvalue weighted by atomic mass is 10.0. The lowest BCUT2D eigenvalue weighted by Crippen LogP contribution is -2.21. The predicted molar refractivity (Wildman–Crippen MR) is 232 cm³/mol. The molecule has 0 radical (unpaired) electrons. The second-order valence-corrected chi connectivity index (χ2v) is 16.2. The Morgan fingerprint density at radius 1 is 0.389 bits per heavy atom. The molecule has 0 aromatic heterocycles. The zero-order valence-electron chi connectivity index (χ0n) is 36.9. The van der Waals surface area contributed by atoms with Crippen LogP contribution in [0.4, 0.5) is 0 Å². The average molecular weight is 769 g/mol. The number of unbranched alkanes of at least 4 members (excludes halogenated alkanes) is 30. The van der Waals surface area contributed by atoms with E-state index in [4.69, 9.17) is 23.7 Å². The maximum absolute atomic E-state index is 12.3. The number of esters is 1. The SMILES string of the molecule is CCCCCCCCCCCCCCCCCCOCC(CCCC(=O)OCCCOCCOC)OCCCCCCCCCCCCCCCCCC. The lowest BCUT2D eigenvalue weighted by molar-refractivity contribution is -0.144. The van der Waals surface area contributed by atoms with Gasteiger partial charge in [0.25, 0.3) is 0 Å². The van der Waals surface area contributed by atoms with Crippen molar-refractivity contribution in [2.24, 2.45) is 0 Å². The van der Waals surface area contributed by atoms with Gasteiger partial charge in [-0.15, -0.1) is 0 Å². The Morgan fingerprint density at radius 3 is 1.20 bits per heavy atom. The van der Waals surface area contributed by atoms with Crippen molar-refractivity contribution < 1.29 is 28.5 Å². The average Bonchev–Trinajstić information content (AvgIpc) is 3.18. The highest BCUT2D eigenvalue weighted by molar-refractivity contribution is 5.69. The molecular formula is C48H96O6. The summed E-state index contributed by atoms with van der Waals surface area (Å²) >= 11 is 0. The summed E-state index contributed by atoms with van der Waals surface area (Å²) in [7, 11) is 1.66. The number of carbonyl (C=O) groups is 1. The molecule has 324 valence electrons. The van der Waals surface area contributed by atoms with Crippen molar-refractivity contribution in [3.8, 4) is 0 Å². The number of carbonyl (C=O) groups excluding carboxylic acids is 1. The Hall–Kier alpha value is -0.690. The van der Waals surface area contributed by atoms with E-state index in [2.05, 4.69) is 13.8 Å². The van der Waals surface area contributed by atoms with E-state index in [1.165, 1.54) is 193 Å². The van der Waals surface area contributed by atoms with Gasteiger partial charge < -0.3 is 23.7 Å². The minimum absolute atomic E-state index is 0.0596. The molecule has 0 aliphatic heterocycles. The molecule has 0 bridgehead atoms. The number of rotatable bonds is 48. The molecule has 0 heterocycles. The predicted octanol–water partition coefficient (Wildman–Crippen LogP) is 14.7. The van der Waals surface area contributed by atoms with Crippen molar-refractivity contribution in [3.63, 3.8) is 0 Å². The van der Waals surface area contributed by atoms with E-state index in [9.17, 15) is 4.79 Å². The molecule has 0 rings (SSSR count). The van der Waals surface area contributed by atoms with Crippen LogP contribution >= 0.6 is 0 Å². The monoisotopic (exact) mass is 769 g/mol. The molecule has 0 saturated heterocycles. The molecule has 0 aromatic carbocycles. The van der Waals surface area contributed by atoms with Gasteiger partial charge in [0.2, 0.25) is 0 Å². The second kappa shape index (κ2) is 48.5. The van der Waals surface area contributed by atoms with Crippen molar-refractivity contribution in [2.45, 2.75) is 251 Å². The summed E-state index contributed by atoms with van der Waals surface area (Å²) < 4.78 is 28.3. The smallest absolute Gasteiger partial charge is 0.305 e. The maximum Gasteiger partial charge on any atom is 0.305 e. The van der Waals surface area contributed by atoms with Gasteiger partial charge in [0, 0.05) is 39.8 Å². The molecule has 54 heavy (non-hydrogen) atoms. The van der Waals surface area contributed by atoms with Gasteiger partial charge >= 0.3 is 5.97 Å². The van der Waals surface area contributed by atoms with Crippen molar-refractivity contribution in [2.75, 3.05) is 53.4 Å². The number of methoxy groups -OCH3 is 1. The second-order valence-electron chi connectivity index (χ2n) is 16.2. The summed E-state index contributed by atoms with van der Waals surface area (Å²) in [5, 5.41) is 0. The Labute approximate surface area is 338 Å². The summed E-state index contributed by atoms with van der Waals surface area (Å²) in [6.07, 6.45) is 47.0. The van der Waals surface area contributed by atoms with Crippen LogP contribution < -0.4 is 0 Å². The van der Waals surface area contributed by atoms with Crippen molar-refractivity contribution in [3.05, 3.63) is 0 Å². The van der Waals surface area contributed by atoms with E-state index < -0.39 is 0 Å². The highest BCUT2D eigenvalue weighted by atomic mass is 16.5. The lowest BCUT2D eigenvalue weighted by Gasteiger charge is -2.18. The first-order valence-electron chi connectivity index (χ1n) is 24.2. The molecule has 0 spiro atoms. The van der Waals surface area contributed by atoms with Gasteiger partial charge in [0.15, 0.2) is 0 Å². The van der Waals surface area contributed by atoms with Gasteiger partial charge in [0.1, 0.15) is 0 Å². The molecule has 0 aliphatic carbocycles. The zero-order chi connectivity index (χ0) is 39.1. The van der Waals surface area contributed by atoms with Crippen molar-refractivity contribution in [1.29, 1.82) is 0 Å². The summed E-state index contributed by atoms with van der Waals surface area (Å²) in [5.41, 5.74) is 0. The molecule has 0 amide bonds. The molecular weight excluding hydrogens is 673 g/mol. The van der Waals surface area contributed by atoms with Crippen LogP contribution in [0, 0.1) is 0 Å². The highest BCUT2D eigenvalue weighted by Crippen LogP contribution is 2.16. The molecule has 0 saturated carbocycles. The molecule has 0 aliphatic rings. The molecule has 1 atom stereocenters. The maximum atomic E-state index is 12.3. The zero-order valence-corrected chi connectivity index (χ0v) is 36.9. The van der Waals surface area contributed by atoms with E-state index in [1.54, 1.807) is 7.11 Å². The Balaban J connectivity index is 3.98. The fraction of sp³-hybridized carbons (Fsp3) is 0.979. The Kier molecular flexibility index (Phi) is 47.8. The van der Waals surface area contributed by atoms with E-state index >= 15 is 0 Å². The molecule has 0 aromatic rings. The molecule has 1 unspecified atom stereocenters. The molecule has 0 N–H and O–H groups in total. The van der Waals surface area contributed by atoms with Crippen LogP contribution in [0.1, 0.15) is 245 Å². The van der Waals surface area contributed by atoms with Crippen LogP contribution in [0.25, 0.3) is 0 Å². The molecule has 6 nitrogen and oxygen atoms in total. The fourth-order valence-corrected chi connectivity index (χ4v) is 7.22. The third-order valence-corrected chi connectivity index (χ3v) is 10.8. The van der Waals surface area contributed by atoms with E-state index in [-0.39, 0.29) is 12.1 Å². The van der Waals surface area contributed by atoms with Gasteiger partial charge in [-0.1, -0.05) is 206 Å². The van der Waals surface area contributed by atoms with Crippen LogP contribution in [0.15, 0.2) is 0 Å². The number of hydrogen-bond donors (Lipinski definition) is 0. The summed E-state index contributed by atoms with van der Waals surface area (Å²) in [6.45, 7) is 8.98. The Morgan fingerprint density at radius 2 is 0.778 bits per heavy atom. The van der Waals surface area contributed by atoms with Gasteiger partial charge in [0.05, 0.1) is 32.5 Å². The molecule has 0 fully saturated rings. The van der Waals surface area contributed by atoms with Gasteiger partial charge in [-0.25, -0.2) is 0 Å². The van der Waals surface area contributed by atoms with Crippen molar-refractivity contribution >= 4 is 5.97 Å². The summed E-state index contributed by atoms with van der Waals surface area (Å²) in [6, 6.07) is 0. The fourth-order valence-electron chi connectivity index (χ4n) is 7.22. The van der Waals surface area contributed by atoms with E-state index in [0.717, 1.165) is 38.9 Å². The third kappa shape index (κ3) is 45.7. The van der Waals surface area contributed by atoms with Crippen LogP contribution in [-0.4, -0.2) is 65.4 Å². The van der Waals surface area contributed by atoms with Crippen LogP contribution in [0.2, 0.25) is 0 Å². The first kappa shape index (κ1) is 53.3. The van der Waals surface area contributed by atoms with Crippen LogP contribution in [0.3, 0.4) is 0 Å². The summed E-state index contributed by atoms with van der Waals surface area (Å²) in [5.74, 6) is -0.127. The largest absolute Gasteiger partial charge is 0.466 e. The minimum Gasteiger partial charge on any atom is -0.466 e.